The van der Waals surface area contributed by atoms with Crippen molar-refractivity contribution in [1.82, 2.24) is 5.32 Å². The van der Waals surface area contributed by atoms with Crippen molar-refractivity contribution in [1.29, 1.82) is 0 Å². The molecule has 0 saturated carbocycles. The van der Waals surface area contributed by atoms with E-state index in [-0.39, 0.29) is 0 Å². The van der Waals surface area contributed by atoms with Crippen molar-refractivity contribution < 1.29 is 9.15 Å². The standard InChI is InChI=1S/C12H21NO2/c1-10(9-14-3)8-13-11(2)7-12-5-4-6-15-12/h4-6,10-11,13H,7-9H2,1-3H3. The fourth-order valence-corrected chi connectivity index (χ4v) is 1.55. The smallest absolute Gasteiger partial charge is 0.105 e. The van der Waals surface area contributed by atoms with Crippen molar-refractivity contribution >= 4 is 0 Å². The maximum Gasteiger partial charge on any atom is 0.105 e. The maximum atomic E-state index is 5.29. The van der Waals surface area contributed by atoms with Crippen molar-refractivity contribution in [2.45, 2.75) is 26.3 Å². The predicted octanol–water partition coefficient (Wildman–Crippen LogP) is 2.08. The summed E-state index contributed by atoms with van der Waals surface area (Å²) in [4.78, 5) is 0. The highest BCUT2D eigenvalue weighted by Crippen LogP contribution is 2.04. The molecule has 0 aliphatic heterocycles. The molecule has 1 heterocycles. The lowest BCUT2D eigenvalue weighted by molar-refractivity contribution is 0.157. The summed E-state index contributed by atoms with van der Waals surface area (Å²) >= 11 is 0. The normalized spacial score (nSPS) is 15.1. The second-order valence-corrected chi connectivity index (χ2v) is 4.15. The Balaban J connectivity index is 2.16. The van der Waals surface area contributed by atoms with Gasteiger partial charge in [-0.05, 0) is 25.0 Å². The van der Waals surface area contributed by atoms with Gasteiger partial charge in [-0.25, -0.2) is 0 Å². The van der Waals surface area contributed by atoms with Crippen LogP contribution in [0.2, 0.25) is 0 Å². The third-order valence-electron chi connectivity index (χ3n) is 2.35. The minimum atomic E-state index is 0.440. The number of hydrogen-bond donors (Lipinski definition) is 1. The zero-order chi connectivity index (χ0) is 11.1. The van der Waals surface area contributed by atoms with Gasteiger partial charge in [0.05, 0.1) is 6.26 Å². The van der Waals surface area contributed by atoms with Crippen LogP contribution in [0, 0.1) is 5.92 Å². The number of ether oxygens (including phenoxy) is 1. The SMILES string of the molecule is COCC(C)CNC(C)Cc1ccco1. The van der Waals surface area contributed by atoms with E-state index in [1.165, 1.54) is 0 Å². The van der Waals surface area contributed by atoms with Gasteiger partial charge in [0.2, 0.25) is 0 Å². The van der Waals surface area contributed by atoms with Crippen LogP contribution >= 0.6 is 0 Å². The zero-order valence-electron chi connectivity index (χ0n) is 9.82. The van der Waals surface area contributed by atoms with Gasteiger partial charge >= 0.3 is 0 Å². The Morgan fingerprint density at radius 1 is 1.47 bits per heavy atom. The molecule has 1 rings (SSSR count). The molecular formula is C12H21NO2. The molecule has 0 aliphatic rings. The minimum Gasteiger partial charge on any atom is -0.469 e. The molecule has 0 amide bonds. The lowest BCUT2D eigenvalue weighted by Gasteiger charge is -2.16. The summed E-state index contributed by atoms with van der Waals surface area (Å²) < 4.78 is 10.4. The summed E-state index contributed by atoms with van der Waals surface area (Å²) in [6.07, 6.45) is 2.66. The number of rotatable bonds is 7. The van der Waals surface area contributed by atoms with E-state index in [0.717, 1.165) is 25.3 Å². The number of hydrogen-bond acceptors (Lipinski definition) is 3. The van der Waals surface area contributed by atoms with Crippen molar-refractivity contribution in [3.8, 4) is 0 Å². The molecule has 0 aromatic carbocycles. The summed E-state index contributed by atoms with van der Waals surface area (Å²) in [6, 6.07) is 4.38. The Bertz CT molecular complexity index is 246. The average molecular weight is 211 g/mol. The Hall–Kier alpha value is -0.800. The van der Waals surface area contributed by atoms with Gasteiger partial charge in [0.15, 0.2) is 0 Å². The van der Waals surface area contributed by atoms with Gasteiger partial charge in [0.25, 0.3) is 0 Å². The van der Waals surface area contributed by atoms with E-state index in [1.807, 2.05) is 12.1 Å². The largest absolute Gasteiger partial charge is 0.469 e. The van der Waals surface area contributed by atoms with Crippen LogP contribution in [0.25, 0.3) is 0 Å². The van der Waals surface area contributed by atoms with Crippen LogP contribution in [-0.2, 0) is 11.2 Å². The Morgan fingerprint density at radius 3 is 2.87 bits per heavy atom. The van der Waals surface area contributed by atoms with E-state index >= 15 is 0 Å². The number of furan rings is 1. The zero-order valence-corrected chi connectivity index (χ0v) is 9.82. The Kier molecular flexibility index (Phi) is 5.43. The van der Waals surface area contributed by atoms with Gasteiger partial charge in [0, 0.05) is 32.7 Å². The van der Waals surface area contributed by atoms with Gasteiger partial charge in [-0.1, -0.05) is 6.92 Å². The van der Waals surface area contributed by atoms with Crippen molar-refractivity contribution in [3.63, 3.8) is 0 Å². The van der Waals surface area contributed by atoms with Crippen LogP contribution in [0.5, 0.6) is 0 Å². The van der Waals surface area contributed by atoms with Gasteiger partial charge in [-0.2, -0.15) is 0 Å². The maximum absolute atomic E-state index is 5.29. The Morgan fingerprint density at radius 2 is 2.27 bits per heavy atom. The second kappa shape index (κ2) is 6.64. The second-order valence-electron chi connectivity index (χ2n) is 4.15. The summed E-state index contributed by atoms with van der Waals surface area (Å²) in [7, 11) is 1.74. The lowest BCUT2D eigenvalue weighted by Crippen LogP contribution is -2.33. The highest BCUT2D eigenvalue weighted by atomic mass is 16.5. The Labute approximate surface area is 91.8 Å². The molecule has 2 atom stereocenters. The van der Waals surface area contributed by atoms with E-state index in [1.54, 1.807) is 13.4 Å². The molecular weight excluding hydrogens is 190 g/mol. The van der Waals surface area contributed by atoms with E-state index in [4.69, 9.17) is 9.15 Å². The molecule has 0 aliphatic carbocycles. The van der Waals surface area contributed by atoms with Gasteiger partial charge in [0.1, 0.15) is 5.76 Å². The van der Waals surface area contributed by atoms with Crippen LogP contribution in [0.1, 0.15) is 19.6 Å². The molecule has 86 valence electrons. The van der Waals surface area contributed by atoms with Crippen LogP contribution < -0.4 is 5.32 Å². The van der Waals surface area contributed by atoms with Crippen LogP contribution in [0.15, 0.2) is 22.8 Å². The molecule has 1 N–H and O–H groups in total. The van der Waals surface area contributed by atoms with Crippen LogP contribution in [-0.4, -0.2) is 26.3 Å². The van der Waals surface area contributed by atoms with Crippen LogP contribution in [0.3, 0.4) is 0 Å². The fourth-order valence-electron chi connectivity index (χ4n) is 1.55. The van der Waals surface area contributed by atoms with Gasteiger partial charge < -0.3 is 14.5 Å². The van der Waals surface area contributed by atoms with Crippen molar-refractivity contribution in [3.05, 3.63) is 24.2 Å². The monoisotopic (exact) mass is 211 g/mol. The van der Waals surface area contributed by atoms with E-state index in [0.29, 0.717) is 12.0 Å². The molecule has 3 nitrogen and oxygen atoms in total. The highest BCUT2D eigenvalue weighted by molar-refractivity contribution is 4.99. The molecule has 1 aromatic rings. The number of nitrogens with one attached hydrogen (secondary N) is 1. The quantitative estimate of drug-likeness (QED) is 0.750. The molecule has 3 heteroatoms. The molecule has 0 radical (unpaired) electrons. The topological polar surface area (TPSA) is 34.4 Å². The third-order valence-corrected chi connectivity index (χ3v) is 2.35. The summed E-state index contributed by atoms with van der Waals surface area (Å²) in [6.45, 7) is 6.13. The molecule has 0 bridgehead atoms. The van der Waals surface area contributed by atoms with Gasteiger partial charge in [-0.3, -0.25) is 0 Å². The van der Waals surface area contributed by atoms with E-state index < -0.39 is 0 Å². The summed E-state index contributed by atoms with van der Waals surface area (Å²) in [5.41, 5.74) is 0. The van der Waals surface area contributed by atoms with E-state index in [2.05, 4.69) is 19.2 Å². The molecule has 2 unspecified atom stereocenters. The van der Waals surface area contributed by atoms with Crippen molar-refractivity contribution in [2.75, 3.05) is 20.3 Å². The molecule has 0 spiro atoms. The van der Waals surface area contributed by atoms with Crippen molar-refractivity contribution in [2.24, 2.45) is 5.92 Å². The predicted molar refractivity (Wildman–Crippen MR) is 60.9 cm³/mol. The van der Waals surface area contributed by atoms with E-state index in [9.17, 15) is 0 Å². The number of methoxy groups -OCH3 is 1. The van der Waals surface area contributed by atoms with Gasteiger partial charge in [-0.15, -0.1) is 0 Å². The molecule has 15 heavy (non-hydrogen) atoms. The molecule has 1 aromatic heterocycles. The lowest BCUT2D eigenvalue weighted by atomic mass is 10.1. The van der Waals surface area contributed by atoms with Crippen LogP contribution in [0.4, 0.5) is 0 Å². The minimum absolute atomic E-state index is 0.440. The fraction of sp³-hybridized carbons (Fsp3) is 0.667. The first-order valence-electron chi connectivity index (χ1n) is 5.47. The first-order chi connectivity index (χ1) is 7.22. The summed E-state index contributed by atoms with van der Waals surface area (Å²) in [5.74, 6) is 1.59. The highest BCUT2D eigenvalue weighted by Gasteiger charge is 2.07. The molecule has 0 saturated heterocycles. The third kappa shape index (κ3) is 5.00. The first-order valence-corrected chi connectivity index (χ1v) is 5.47. The average Bonchev–Trinajstić information content (AvgIpc) is 2.68. The molecule has 0 fully saturated rings. The summed E-state index contributed by atoms with van der Waals surface area (Å²) in [5, 5.41) is 3.47. The first kappa shape index (κ1) is 12.3.